The SMILES string of the molecule is Nc1c(OC(F)(F)F)cc(Br)cc1C(=O)N1CCC(F)(F)C1. The van der Waals surface area contributed by atoms with E-state index in [4.69, 9.17) is 5.73 Å². The lowest BCUT2D eigenvalue weighted by atomic mass is 10.1. The molecule has 1 fully saturated rings. The molecule has 0 aromatic heterocycles. The fourth-order valence-electron chi connectivity index (χ4n) is 2.06. The number of nitrogens with two attached hydrogens (primary N) is 1. The van der Waals surface area contributed by atoms with E-state index >= 15 is 0 Å². The van der Waals surface area contributed by atoms with Crippen LogP contribution in [-0.4, -0.2) is 36.2 Å². The number of hydrogen-bond acceptors (Lipinski definition) is 3. The molecule has 0 saturated carbocycles. The summed E-state index contributed by atoms with van der Waals surface area (Å²) in [6.45, 7) is -1.000. The Balaban J connectivity index is 2.33. The van der Waals surface area contributed by atoms with Crippen molar-refractivity contribution in [3.8, 4) is 5.75 Å². The first-order valence-electron chi connectivity index (χ1n) is 6.00. The smallest absolute Gasteiger partial charge is 0.404 e. The molecular weight excluding hydrogens is 379 g/mol. The molecular formula is C12H10BrF5N2O2. The number of nitrogen functional groups attached to an aromatic ring is 1. The fraction of sp³-hybridized carbons (Fsp3) is 0.417. The third kappa shape index (κ3) is 3.79. The standard InChI is InChI=1S/C12H10BrF5N2O2/c13-6-3-7(9(19)8(4-6)22-12(16,17)18)10(21)20-2-1-11(14,15)5-20/h3-4H,1-2,5,19H2. The van der Waals surface area contributed by atoms with Gasteiger partial charge in [0.25, 0.3) is 11.8 Å². The highest BCUT2D eigenvalue weighted by Gasteiger charge is 2.41. The van der Waals surface area contributed by atoms with E-state index in [1.165, 1.54) is 0 Å². The van der Waals surface area contributed by atoms with E-state index < -0.39 is 42.6 Å². The van der Waals surface area contributed by atoms with Crippen molar-refractivity contribution < 1.29 is 31.5 Å². The molecule has 0 radical (unpaired) electrons. The van der Waals surface area contributed by atoms with Crippen LogP contribution in [0.5, 0.6) is 5.75 Å². The monoisotopic (exact) mass is 388 g/mol. The summed E-state index contributed by atoms with van der Waals surface area (Å²) in [6, 6.07) is 2.11. The van der Waals surface area contributed by atoms with Gasteiger partial charge in [-0.1, -0.05) is 15.9 Å². The molecule has 0 atom stereocenters. The number of amides is 1. The van der Waals surface area contributed by atoms with Crippen molar-refractivity contribution in [2.45, 2.75) is 18.7 Å². The molecule has 1 amide bonds. The van der Waals surface area contributed by atoms with Crippen LogP contribution in [0.1, 0.15) is 16.8 Å². The maximum atomic E-state index is 13.1. The van der Waals surface area contributed by atoms with Crippen molar-refractivity contribution in [2.75, 3.05) is 18.8 Å². The van der Waals surface area contributed by atoms with Crippen LogP contribution in [0.4, 0.5) is 27.6 Å². The first-order chi connectivity index (χ1) is 9.98. The summed E-state index contributed by atoms with van der Waals surface area (Å²) in [5.41, 5.74) is 4.63. The van der Waals surface area contributed by atoms with Crippen molar-refractivity contribution in [3.05, 3.63) is 22.2 Å². The highest BCUT2D eigenvalue weighted by Crippen LogP contribution is 2.36. The highest BCUT2D eigenvalue weighted by atomic mass is 79.9. The number of ether oxygens (including phenoxy) is 1. The molecule has 0 aliphatic carbocycles. The van der Waals surface area contributed by atoms with Gasteiger partial charge in [0.05, 0.1) is 17.8 Å². The van der Waals surface area contributed by atoms with Crippen LogP contribution >= 0.6 is 15.9 Å². The van der Waals surface area contributed by atoms with Crippen molar-refractivity contribution in [2.24, 2.45) is 0 Å². The number of carbonyl (C=O) groups is 1. The van der Waals surface area contributed by atoms with E-state index in [-0.39, 0.29) is 16.6 Å². The predicted molar refractivity (Wildman–Crippen MR) is 70.7 cm³/mol. The molecule has 1 aromatic rings. The van der Waals surface area contributed by atoms with Gasteiger partial charge in [0.15, 0.2) is 5.75 Å². The summed E-state index contributed by atoms with van der Waals surface area (Å²) in [4.78, 5) is 13.0. The van der Waals surface area contributed by atoms with Gasteiger partial charge in [-0.15, -0.1) is 13.2 Å². The normalized spacial score (nSPS) is 17.6. The summed E-state index contributed by atoms with van der Waals surface area (Å²) in [5, 5.41) is 0. The van der Waals surface area contributed by atoms with Crippen LogP contribution in [0, 0.1) is 0 Å². The fourth-order valence-corrected chi connectivity index (χ4v) is 2.50. The van der Waals surface area contributed by atoms with Gasteiger partial charge in [0, 0.05) is 17.4 Å². The van der Waals surface area contributed by atoms with Gasteiger partial charge < -0.3 is 15.4 Å². The van der Waals surface area contributed by atoms with Crippen molar-refractivity contribution in [3.63, 3.8) is 0 Å². The zero-order valence-corrected chi connectivity index (χ0v) is 12.5. The number of hydrogen-bond donors (Lipinski definition) is 1. The van der Waals surface area contributed by atoms with Crippen LogP contribution in [0.25, 0.3) is 0 Å². The van der Waals surface area contributed by atoms with Gasteiger partial charge >= 0.3 is 6.36 Å². The molecule has 1 heterocycles. The Morgan fingerprint density at radius 2 is 2.00 bits per heavy atom. The lowest BCUT2D eigenvalue weighted by Gasteiger charge is -2.19. The second-order valence-corrected chi connectivity index (χ2v) is 5.66. The number of rotatable bonds is 2. The Labute approximate surface area is 130 Å². The van der Waals surface area contributed by atoms with Crippen molar-refractivity contribution >= 4 is 27.5 Å². The zero-order valence-electron chi connectivity index (χ0n) is 10.9. The van der Waals surface area contributed by atoms with Gasteiger partial charge in [-0.3, -0.25) is 4.79 Å². The average molecular weight is 389 g/mol. The minimum Gasteiger partial charge on any atom is -0.404 e. The number of nitrogens with zero attached hydrogens (tertiary/aromatic N) is 1. The lowest BCUT2D eigenvalue weighted by molar-refractivity contribution is -0.274. The van der Waals surface area contributed by atoms with Crippen molar-refractivity contribution in [1.82, 2.24) is 4.90 Å². The Morgan fingerprint density at radius 3 is 2.50 bits per heavy atom. The van der Waals surface area contributed by atoms with Gasteiger partial charge in [-0.25, -0.2) is 8.78 Å². The van der Waals surface area contributed by atoms with Crippen LogP contribution in [0.2, 0.25) is 0 Å². The molecule has 1 saturated heterocycles. The van der Waals surface area contributed by atoms with Gasteiger partial charge in [-0.05, 0) is 12.1 Å². The predicted octanol–water partition coefficient (Wildman–Crippen LogP) is 3.41. The summed E-state index contributed by atoms with van der Waals surface area (Å²) in [6.07, 6.45) is -5.49. The molecule has 2 rings (SSSR count). The zero-order chi connectivity index (χ0) is 16.7. The number of alkyl halides is 5. The summed E-state index contributed by atoms with van der Waals surface area (Å²) < 4.78 is 67.0. The van der Waals surface area contributed by atoms with Gasteiger partial charge in [0.1, 0.15) is 0 Å². The number of likely N-dealkylation sites (tertiary alicyclic amines) is 1. The van der Waals surface area contributed by atoms with Crippen LogP contribution in [0.3, 0.4) is 0 Å². The molecule has 10 heteroatoms. The van der Waals surface area contributed by atoms with Crippen LogP contribution < -0.4 is 10.5 Å². The number of anilines is 1. The first-order valence-corrected chi connectivity index (χ1v) is 6.80. The maximum absolute atomic E-state index is 13.1. The number of carbonyl (C=O) groups excluding carboxylic acids is 1. The van der Waals surface area contributed by atoms with E-state index in [2.05, 4.69) is 20.7 Å². The summed E-state index contributed by atoms with van der Waals surface area (Å²) in [5.74, 6) is -4.65. The molecule has 2 N–H and O–H groups in total. The van der Waals surface area contributed by atoms with Gasteiger partial charge in [-0.2, -0.15) is 0 Å². The minimum absolute atomic E-state index is 0.107. The average Bonchev–Trinajstić information content (AvgIpc) is 2.71. The van der Waals surface area contributed by atoms with E-state index in [1.807, 2.05) is 0 Å². The lowest BCUT2D eigenvalue weighted by Crippen LogP contribution is -2.32. The highest BCUT2D eigenvalue weighted by molar-refractivity contribution is 9.10. The largest absolute Gasteiger partial charge is 0.573 e. The van der Waals surface area contributed by atoms with E-state index in [0.29, 0.717) is 0 Å². The van der Waals surface area contributed by atoms with Crippen LogP contribution in [-0.2, 0) is 0 Å². The summed E-state index contributed by atoms with van der Waals surface area (Å²) >= 11 is 2.93. The van der Waals surface area contributed by atoms with E-state index in [9.17, 15) is 26.7 Å². The topological polar surface area (TPSA) is 55.6 Å². The molecule has 0 spiro atoms. The quantitative estimate of drug-likeness (QED) is 0.623. The van der Waals surface area contributed by atoms with E-state index in [1.54, 1.807) is 0 Å². The molecule has 122 valence electrons. The van der Waals surface area contributed by atoms with E-state index in [0.717, 1.165) is 17.0 Å². The second-order valence-electron chi connectivity index (χ2n) is 4.75. The summed E-state index contributed by atoms with van der Waals surface area (Å²) in [7, 11) is 0. The maximum Gasteiger partial charge on any atom is 0.573 e. The third-order valence-electron chi connectivity index (χ3n) is 3.02. The first kappa shape index (κ1) is 16.8. The Hall–Kier alpha value is -1.58. The molecule has 0 unspecified atom stereocenters. The third-order valence-corrected chi connectivity index (χ3v) is 3.48. The molecule has 1 aromatic carbocycles. The molecule has 1 aliphatic heterocycles. The van der Waals surface area contributed by atoms with Crippen molar-refractivity contribution in [1.29, 1.82) is 0 Å². The molecule has 4 nitrogen and oxygen atoms in total. The van der Waals surface area contributed by atoms with Gasteiger partial charge in [0.2, 0.25) is 0 Å². The number of benzene rings is 1. The minimum atomic E-state index is -4.99. The Morgan fingerprint density at radius 1 is 1.36 bits per heavy atom. The number of halogens is 6. The Bertz CT molecular complexity index is 606. The molecule has 0 bridgehead atoms. The molecule has 22 heavy (non-hydrogen) atoms. The van der Waals surface area contributed by atoms with Crippen LogP contribution in [0.15, 0.2) is 16.6 Å². The molecule has 1 aliphatic rings. The Kier molecular flexibility index (Phi) is 4.24. The second kappa shape index (κ2) is 5.56.